The van der Waals surface area contributed by atoms with Gasteiger partial charge in [0.1, 0.15) is 22.9 Å². The summed E-state index contributed by atoms with van der Waals surface area (Å²) in [6.07, 6.45) is 5.49. The van der Waals surface area contributed by atoms with E-state index < -0.39 is 0 Å². The highest BCUT2D eigenvalue weighted by atomic mass is 32.2. The van der Waals surface area contributed by atoms with Gasteiger partial charge in [-0.1, -0.05) is 19.9 Å². The van der Waals surface area contributed by atoms with Crippen molar-refractivity contribution in [2.24, 2.45) is 7.05 Å². The van der Waals surface area contributed by atoms with Gasteiger partial charge in [0.15, 0.2) is 5.82 Å². The van der Waals surface area contributed by atoms with E-state index in [4.69, 9.17) is 9.47 Å². The molecule has 0 aliphatic rings. The second-order valence-electron chi connectivity index (χ2n) is 7.86. The van der Waals surface area contributed by atoms with E-state index >= 15 is 0 Å². The molecule has 0 amide bonds. The molecule has 0 spiro atoms. The number of aryl methyl sites for hydroxylation is 2. The molecule has 1 aromatic carbocycles. The van der Waals surface area contributed by atoms with Gasteiger partial charge in [0.2, 0.25) is 5.95 Å². The second-order valence-corrected chi connectivity index (χ2v) is 9.05. The average molecular weight is 481 g/mol. The van der Waals surface area contributed by atoms with Gasteiger partial charge in [0.25, 0.3) is 0 Å². The maximum absolute atomic E-state index is 5.66. The first-order chi connectivity index (χ1) is 16.4. The van der Waals surface area contributed by atoms with Gasteiger partial charge in [-0.25, -0.2) is 0 Å². The van der Waals surface area contributed by atoms with Crippen LogP contribution in [0.25, 0.3) is 17.2 Å². The van der Waals surface area contributed by atoms with Gasteiger partial charge in [0, 0.05) is 36.8 Å². The van der Waals surface area contributed by atoms with Crippen molar-refractivity contribution in [2.45, 2.75) is 31.9 Å². The Labute approximate surface area is 202 Å². The van der Waals surface area contributed by atoms with Crippen LogP contribution < -0.4 is 14.2 Å². The summed E-state index contributed by atoms with van der Waals surface area (Å²) in [7, 11) is 5.11. The summed E-state index contributed by atoms with van der Waals surface area (Å²) in [5, 5.41) is 13.6. The zero-order valence-electron chi connectivity index (χ0n) is 20.1. The molecule has 0 bridgehead atoms. The number of nitrogens with one attached hydrogen (secondary N) is 1. The Kier molecular flexibility index (Phi) is 7.01. The molecule has 1 N–H and O–H groups in total. The molecule has 178 valence electrons. The largest absolute Gasteiger partial charge is 0.494 e. The molecular weight excluding hydrogens is 452 g/mol. The molecule has 3 aromatic heterocycles. The molecule has 0 aliphatic heterocycles. The van der Waals surface area contributed by atoms with Crippen LogP contribution >= 0.6 is 11.9 Å². The Morgan fingerprint density at radius 3 is 2.32 bits per heavy atom. The van der Waals surface area contributed by atoms with E-state index in [0.29, 0.717) is 34.7 Å². The smallest absolute Gasteiger partial charge is 0.239 e. The fourth-order valence-electron chi connectivity index (χ4n) is 3.44. The van der Waals surface area contributed by atoms with Crippen molar-refractivity contribution in [1.82, 2.24) is 34.5 Å². The van der Waals surface area contributed by atoms with Crippen LogP contribution in [0.4, 0.5) is 5.95 Å². The number of ether oxygens (including phenoxy) is 2. The molecule has 3 heterocycles. The highest BCUT2D eigenvalue weighted by Crippen LogP contribution is 2.38. The van der Waals surface area contributed by atoms with Crippen LogP contribution in [-0.2, 0) is 7.05 Å². The summed E-state index contributed by atoms with van der Waals surface area (Å²) in [4.78, 5) is 8.91. The Hall–Kier alpha value is -3.60. The Morgan fingerprint density at radius 1 is 1.00 bits per heavy atom. The molecule has 0 fully saturated rings. The van der Waals surface area contributed by atoms with E-state index in [1.54, 1.807) is 25.1 Å². The molecule has 11 heteroatoms. The quantitative estimate of drug-likeness (QED) is 0.355. The highest BCUT2D eigenvalue weighted by Gasteiger charge is 2.25. The van der Waals surface area contributed by atoms with E-state index in [1.807, 2.05) is 55.2 Å². The maximum atomic E-state index is 5.66. The Balaban J connectivity index is 1.70. The summed E-state index contributed by atoms with van der Waals surface area (Å²) in [6, 6.07) is 7.51. The number of para-hydroxylation sites is 1. The maximum Gasteiger partial charge on any atom is 0.239 e. The molecule has 10 nitrogen and oxygen atoms in total. The monoisotopic (exact) mass is 480 g/mol. The predicted octanol–water partition coefficient (Wildman–Crippen LogP) is 4.04. The summed E-state index contributed by atoms with van der Waals surface area (Å²) in [6.45, 7) is 6.19. The number of anilines is 1. The number of hydrogen-bond acceptors (Lipinski definition) is 9. The highest BCUT2D eigenvalue weighted by molar-refractivity contribution is 8.01. The lowest BCUT2D eigenvalue weighted by Crippen LogP contribution is -2.14. The summed E-state index contributed by atoms with van der Waals surface area (Å²) < 4.78 is 18.3. The summed E-state index contributed by atoms with van der Waals surface area (Å²) >= 11 is 1.54. The second kappa shape index (κ2) is 10.1. The lowest BCUT2D eigenvalue weighted by molar-refractivity contribution is 0.391. The predicted molar refractivity (Wildman–Crippen MR) is 133 cm³/mol. The van der Waals surface area contributed by atoms with Crippen molar-refractivity contribution in [3.05, 3.63) is 54.2 Å². The van der Waals surface area contributed by atoms with Crippen LogP contribution in [0.15, 0.2) is 42.9 Å². The SMILES string of the molecule is COc1cccc(OC)c1-n1c(NSC(C)C(C)c2cnc(C)cn2)nnc1-c1ccn(C)n1. The Bertz CT molecular complexity index is 1230. The van der Waals surface area contributed by atoms with Crippen LogP contribution in [0.1, 0.15) is 31.2 Å². The zero-order valence-corrected chi connectivity index (χ0v) is 20.9. The molecule has 0 saturated heterocycles. The van der Waals surface area contributed by atoms with Gasteiger partial charge >= 0.3 is 0 Å². The number of rotatable bonds is 9. The Morgan fingerprint density at radius 2 is 1.74 bits per heavy atom. The van der Waals surface area contributed by atoms with Gasteiger partial charge in [-0.15, -0.1) is 10.2 Å². The van der Waals surface area contributed by atoms with Crippen molar-refractivity contribution in [3.8, 4) is 28.7 Å². The molecular formula is C23H28N8O2S. The minimum Gasteiger partial charge on any atom is -0.494 e. The third kappa shape index (κ3) is 4.69. The van der Waals surface area contributed by atoms with E-state index in [2.05, 4.69) is 43.8 Å². The standard InChI is InChI=1S/C23H28N8O2S/c1-14-12-25-18(13-24-14)15(2)16(3)34-29-23-27-26-22(17-10-11-30(4)28-17)31(23)21-19(32-5)8-7-9-20(21)33-6/h7-13,15-16H,1-6H3,(H,27,29). The number of hydrogen-bond donors (Lipinski definition) is 1. The fourth-order valence-corrected chi connectivity index (χ4v) is 4.21. The van der Waals surface area contributed by atoms with E-state index in [-0.39, 0.29) is 11.2 Å². The minimum absolute atomic E-state index is 0.165. The van der Waals surface area contributed by atoms with Crippen molar-refractivity contribution in [2.75, 3.05) is 18.9 Å². The molecule has 2 unspecified atom stereocenters. The van der Waals surface area contributed by atoms with Gasteiger partial charge in [-0.3, -0.25) is 23.9 Å². The van der Waals surface area contributed by atoms with Crippen molar-refractivity contribution in [1.29, 1.82) is 0 Å². The van der Waals surface area contributed by atoms with Crippen LogP contribution in [-0.4, -0.2) is 54.0 Å². The van der Waals surface area contributed by atoms with Gasteiger partial charge in [-0.05, 0) is 37.1 Å². The number of methoxy groups -OCH3 is 2. The molecule has 0 radical (unpaired) electrons. The number of aromatic nitrogens is 7. The van der Waals surface area contributed by atoms with Crippen molar-refractivity contribution < 1.29 is 9.47 Å². The molecule has 4 rings (SSSR count). The molecule has 0 aliphatic carbocycles. The fraction of sp³-hybridized carbons (Fsp3) is 0.348. The topological polar surface area (TPSA) is 105 Å². The third-order valence-electron chi connectivity index (χ3n) is 5.54. The lowest BCUT2D eigenvalue weighted by atomic mass is 10.1. The van der Waals surface area contributed by atoms with Gasteiger partial charge in [0.05, 0.1) is 25.6 Å². The van der Waals surface area contributed by atoms with Gasteiger partial charge < -0.3 is 9.47 Å². The van der Waals surface area contributed by atoms with Gasteiger partial charge in [-0.2, -0.15) is 5.10 Å². The van der Waals surface area contributed by atoms with Crippen LogP contribution in [0.3, 0.4) is 0 Å². The molecule has 4 aromatic rings. The first-order valence-electron chi connectivity index (χ1n) is 10.8. The lowest BCUT2D eigenvalue weighted by Gasteiger charge is -2.20. The normalized spacial score (nSPS) is 12.9. The van der Waals surface area contributed by atoms with E-state index in [0.717, 1.165) is 11.4 Å². The van der Waals surface area contributed by atoms with E-state index in [1.165, 1.54) is 11.9 Å². The third-order valence-corrected chi connectivity index (χ3v) is 6.62. The van der Waals surface area contributed by atoms with Crippen molar-refractivity contribution in [3.63, 3.8) is 0 Å². The summed E-state index contributed by atoms with van der Waals surface area (Å²) in [5.74, 6) is 2.51. The van der Waals surface area contributed by atoms with Crippen LogP contribution in [0, 0.1) is 6.92 Å². The van der Waals surface area contributed by atoms with Crippen LogP contribution in [0.5, 0.6) is 11.5 Å². The van der Waals surface area contributed by atoms with Crippen molar-refractivity contribution >= 4 is 17.9 Å². The number of benzene rings is 1. The van der Waals surface area contributed by atoms with E-state index in [9.17, 15) is 0 Å². The van der Waals surface area contributed by atoms with Crippen LogP contribution in [0.2, 0.25) is 0 Å². The molecule has 0 saturated carbocycles. The molecule has 34 heavy (non-hydrogen) atoms. The molecule has 2 atom stereocenters. The first-order valence-corrected chi connectivity index (χ1v) is 11.7. The summed E-state index contributed by atoms with van der Waals surface area (Å²) in [5.41, 5.74) is 3.20. The first kappa shape index (κ1) is 23.6. The zero-order chi connectivity index (χ0) is 24.2. The minimum atomic E-state index is 0.165. The average Bonchev–Trinajstić information content (AvgIpc) is 3.47. The number of nitrogens with zero attached hydrogens (tertiary/aromatic N) is 7.